The lowest BCUT2D eigenvalue weighted by molar-refractivity contribution is -0.120. The Bertz CT molecular complexity index is 475. The molecule has 0 aromatic carbocycles. The van der Waals surface area contributed by atoms with Crippen molar-refractivity contribution < 1.29 is 9.59 Å². The number of nitrogens with one attached hydrogen (secondary N) is 1. The first kappa shape index (κ1) is 17.5. The van der Waals surface area contributed by atoms with Gasteiger partial charge in [-0.1, -0.05) is 45.4 Å². The van der Waals surface area contributed by atoms with Gasteiger partial charge in [-0.3, -0.25) is 10.1 Å². The number of unbranched alkanes of at least 4 members (excludes halogenated alkanes) is 2. The molecular formula is C13H23N5O2S. The summed E-state index contributed by atoms with van der Waals surface area (Å²) in [4.78, 5) is 22.8. The highest BCUT2D eigenvalue weighted by molar-refractivity contribution is 8.00. The molecule has 0 saturated heterocycles. The average molecular weight is 313 g/mol. The van der Waals surface area contributed by atoms with Gasteiger partial charge < -0.3 is 10.3 Å². The second-order valence-corrected chi connectivity index (χ2v) is 6.26. The van der Waals surface area contributed by atoms with Crippen LogP contribution in [-0.4, -0.2) is 32.0 Å². The Labute approximate surface area is 129 Å². The molecule has 21 heavy (non-hydrogen) atoms. The Morgan fingerprint density at radius 1 is 1.43 bits per heavy atom. The molecule has 1 atom stereocenters. The minimum atomic E-state index is -0.837. The molecule has 8 heteroatoms. The summed E-state index contributed by atoms with van der Waals surface area (Å²) < 4.78 is 1.94. The third-order valence-corrected chi connectivity index (χ3v) is 4.46. The topological polar surface area (TPSA) is 103 Å². The maximum absolute atomic E-state index is 12.0. The molecule has 0 saturated carbocycles. The number of aromatic nitrogens is 3. The highest BCUT2D eigenvalue weighted by Gasteiger charge is 2.26. The average Bonchev–Trinajstić information content (AvgIpc) is 2.82. The van der Waals surface area contributed by atoms with Crippen LogP contribution in [0.15, 0.2) is 11.5 Å². The molecule has 118 valence electrons. The molecule has 0 aliphatic rings. The number of carbonyl (C=O) groups excluding carboxylic acids is 2. The summed E-state index contributed by atoms with van der Waals surface area (Å²) in [6.07, 6.45) is 4.99. The third kappa shape index (κ3) is 5.74. The lowest BCUT2D eigenvalue weighted by Gasteiger charge is -2.18. The maximum Gasteiger partial charge on any atom is 0.318 e. The van der Waals surface area contributed by atoms with E-state index in [0.717, 1.165) is 25.8 Å². The van der Waals surface area contributed by atoms with E-state index < -0.39 is 17.2 Å². The van der Waals surface area contributed by atoms with Crippen molar-refractivity contribution >= 4 is 23.7 Å². The van der Waals surface area contributed by atoms with Crippen LogP contribution in [0, 0.1) is 5.92 Å². The number of hydrogen-bond acceptors (Lipinski definition) is 5. The summed E-state index contributed by atoms with van der Waals surface area (Å²) in [6.45, 7) is 6.79. The standard InChI is InChI=1S/C13H23N5O2S/c1-4-5-6-7-18-8-15-17-13(18)21-10(9(2)3)11(19)16-12(14)20/h8-10H,4-7H2,1-3H3,(H3,14,16,19,20)/t10-/m0/s1. The van der Waals surface area contributed by atoms with E-state index >= 15 is 0 Å². The fourth-order valence-corrected chi connectivity index (χ4v) is 2.85. The Morgan fingerprint density at radius 3 is 2.71 bits per heavy atom. The van der Waals surface area contributed by atoms with Gasteiger partial charge in [0.05, 0.1) is 5.25 Å². The van der Waals surface area contributed by atoms with Gasteiger partial charge in [-0.15, -0.1) is 10.2 Å². The van der Waals surface area contributed by atoms with Gasteiger partial charge in [-0.2, -0.15) is 0 Å². The molecule has 7 nitrogen and oxygen atoms in total. The number of aryl methyl sites for hydroxylation is 1. The largest absolute Gasteiger partial charge is 0.351 e. The predicted molar refractivity (Wildman–Crippen MR) is 81.8 cm³/mol. The Kier molecular flexibility index (Phi) is 7.21. The van der Waals surface area contributed by atoms with E-state index in [9.17, 15) is 9.59 Å². The molecule has 0 spiro atoms. The van der Waals surface area contributed by atoms with Crippen LogP contribution in [0.25, 0.3) is 0 Å². The summed E-state index contributed by atoms with van der Waals surface area (Å²) >= 11 is 1.31. The molecule has 0 radical (unpaired) electrons. The zero-order valence-electron chi connectivity index (χ0n) is 12.7. The molecule has 3 amide bonds. The number of nitrogens with two attached hydrogens (primary N) is 1. The van der Waals surface area contributed by atoms with Gasteiger partial charge in [0.1, 0.15) is 6.33 Å². The van der Waals surface area contributed by atoms with Crippen molar-refractivity contribution in [3.05, 3.63) is 6.33 Å². The minimum absolute atomic E-state index is 0.0372. The van der Waals surface area contributed by atoms with Gasteiger partial charge in [-0.25, -0.2) is 4.79 Å². The maximum atomic E-state index is 12.0. The van der Waals surface area contributed by atoms with Gasteiger partial charge in [-0.05, 0) is 12.3 Å². The van der Waals surface area contributed by atoms with E-state index in [1.54, 1.807) is 6.33 Å². The number of urea groups is 1. The summed E-state index contributed by atoms with van der Waals surface area (Å²) in [5.41, 5.74) is 5.00. The number of thioether (sulfide) groups is 1. The van der Waals surface area contributed by atoms with Crippen molar-refractivity contribution in [2.75, 3.05) is 0 Å². The predicted octanol–water partition coefficient (Wildman–Crippen LogP) is 1.78. The molecule has 1 aromatic heterocycles. The van der Waals surface area contributed by atoms with Crippen LogP contribution in [0.4, 0.5) is 4.79 Å². The van der Waals surface area contributed by atoms with Crippen LogP contribution in [0.5, 0.6) is 0 Å². The second-order valence-electron chi connectivity index (χ2n) is 5.15. The number of hydrogen-bond donors (Lipinski definition) is 2. The molecule has 0 aliphatic heterocycles. The molecule has 1 heterocycles. The molecule has 1 rings (SSSR count). The van der Waals surface area contributed by atoms with Crippen LogP contribution in [-0.2, 0) is 11.3 Å². The van der Waals surface area contributed by atoms with E-state index in [2.05, 4.69) is 22.4 Å². The van der Waals surface area contributed by atoms with Crippen molar-refractivity contribution in [3.63, 3.8) is 0 Å². The van der Waals surface area contributed by atoms with Crippen LogP contribution in [0.2, 0.25) is 0 Å². The first-order valence-corrected chi connectivity index (χ1v) is 7.98. The molecule has 3 N–H and O–H groups in total. The molecule has 0 bridgehead atoms. The molecular weight excluding hydrogens is 290 g/mol. The van der Waals surface area contributed by atoms with Crippen LogP contribution < -0.4 is 11.1 Å². The monoisotopic (exact) mass is 313 g/mol. The number of carbonyl (C=O) groups is 2. The van der Waals surface area contributed by atoms with Gasteiger partial charge >= 0.3 is 6.03 Å². The molecule has 0 unspecified atom stereocenters. The van der Waals surface area contributed by atoms with Crippen molar-refractivity contribution in [2.24, 2.45) is 11.7 Å². The normalized spacial score (nSPS) is 12.4. The Balaban J connectivity index is 2.73. The highest BCUT2D eigenvalue weighted by atomic mass is 32.2. The fourth-order valence-electron chi connectivity index (χ4n) is 1.82. The quantitative estimate of drug-likeness (QED) is 0.562. The Hall–Kier alpha value is -1.57. The number of amides is 3. The summed E-state index contributed by atoms with van der Waals surface area (Å²) in [7, 11) is 0. The summed E-state index contributed by atoms with van der Waals surface area (Å²) in [5, 5.41) is 10.3. The van der Waals surface area contributed by atoms with Crippen LogP contribution in [0.3, 0.4) is 0 Å². The van der Waals surface area contributed by atoms with E-state index in [-0.39, 0.29) is 5.92 Å². The first-order chi connectivity index (χ1) is 9.95. The number of nitrogens with zero attached hydrogens (tertiary/aromatic N) is 3. The van der Waals surface area contributed by atoms with Gasteiger partial charge in [0.2, 0.25) is 5.91 Å². The van der Waals surface area contributed by atoms with E-state index in [0.29, 0.717) is 5.16 Å². The molecule has 0 fully saturated rings. The van der Waals surface area contributed by atoms with Crippen molar-refractivity contribution in [2.45, 2.75) is 57.0 Å². The van der Waals surface area contributed by atoms with Crippen molar-refractivity contribution in [1.29, 1.82) is 0 Å². The van der Waals surface area contributed by atoms with Crippen molar-refractivity contribution in [1.82, 2.24) is 20.1 Å². The first-order valence-electron chi connectivity index (χ1n) is 7.10. The number of imide groups is 1. The van der Waals surface area contributed by atoms with Gasteiger partial charge in [0.15, 0.2) is 5.16 Å². The van der Waals surface area contributed by atoms with Crippen LogP contribution in [0.1, 0.15) is 40.0 Å². The highest BCUT2D eigenvalue weighted by Crippen LogP contribution is 2.27. The summed E-state index contributed by atoms with van der Waals surface area (Å²) in [5.74, 6) is -0.360. The van der Waals surface area contributed by atoms with Gasteiger partial charge in [0, 0.05) is 6.54 Å². The van der Waals surface area contributed by atoms with Crippen LogP contribution >= 0.6 is 11.8 Å². The third-order valence-electron chi connectivity index (χ3n) is 2.93. The fraction of sp³-hybridized carbons (Fsp3) is 0.692. The number of primary amides is 1. The summed E-state index contributed by atoms with van der Waals surface area (Å²) in [6, 6.07) is -0.837. The number of rotatable bonds is 8. The van der Waals surface area contributed by atoms with E-state index in [1.165, 1.54) is 11.8 Å². The molecule has 1 aromatic rings. The van der Waals surface area contributed by atoms with E-state index in [1.807, 2.05) is 18.4 Å². The molecule has 0 aliphatic carbocycles. The lowest BCUT2D eigenvalue weighted by atomic mass is 10.1. The van der Waals surface area contributed by atoms with E-state index in [4.69, 9.17) is 5.73 Å². The zero-order chi connectivity index (χ0) is 15.8. The minimum Gasteiger partial charge on any atom is -0.351 e. The Morgan fingerprint density at radius 2 is 2.14 bits per heavy atom. The SMILES string of the molecule is CCCCCn1cnnc1S[C@H](C(=O)NC(N)=O)C(C)C. The smallest absolute Gasteiger partial charge is 0.318 e. The zero-order valence-corrected chi connectivity index (χ0v) is 13.5. The second kappa shape index (κ2) is 8.66. The van der Waals surface area contributed by atoms with Gasteiger partial charge in [0.25, 0.3) is 0 Å². The van der Waals surface area contributed by atoms with Crippen molar-refractivity contribution in [3.8, 4) is 0 Å². The lowest BCUT2D eigenvalue weighted by Crippen LogP contribution is -2.42.